The van der Waals surface area contributed by atoms with Crippen LogP contribution >= 0.6 is 0 Å². The molecule has 5 heteroatoms. The van der Waals surface area contributed by atoms with Crippen LogP contribution in [0.15, 0.2) is 22.0 Å². The monoisotopic (exact) mass is 239 g/mol. The van der Waals surface area contributed by atoms with E-state index in [-0.39, 0.29) is 0 Å². The minimum atomic E-state index is -0.471. The number of hydrogen-bond acceptors (Lipinski definition) is 3. The summed E-state index contributed by atoms with van der Waals surface area (Å²) in [6.45, 7) is 6.59. The summed E-state index contributed by atoms with van der Waals surface area (Å²) in [5.74, 6) is 0.325. The molecular weight excluding hydrogens is 218 g/mol. The number of aryl methyl sites for hydroxylation is 1. The van der Waals surface area contributed by atoms with Gasteiger partial charge in [-0.05, 0) is 25.4 Å². The Morgan fingerprint density at radius 3 is 2.65 bits per heavy atom. The molecule has 0 aliphatic carbocycles. The van der Waals surface area contributed by atoms with E-state index in [1.165, 1.54) is 9.13 Å². The molecule has 1 rings (SSSR count). The molecule has 1 N–H and O–H groups in total. The van der Waals surface area contributed by atoms with Crippen LogP contribution < -0.4 is 16.4 Å². The SMILES string of the molecule is CCCNCC(C)Cn1ccn(C)c(=O)c1=O. The minimum Gasteiger partial charge on any atom is -0.316 e. The highest BCUT2D eigenvalue weighted by Gasteiger charge is 2.06. The lowest BCUT2D eigenvalue weighted by Gasteiger charge is -2.14. The van der Waals surface area contributed by atoms with Gasteiger partial charge in [-0.1, -0.05) is 13.8 Å². The summed E-state index contributed by atoms with van der Waals surface area (Å²) in [5.41, 5.74) is -0.918. The Morgan fingerprint density at radius 2 is 2.00 bits per heavy atom. The predicted octanol–water partition coefficient (Wildman–Crippen LogP) is 0.183. The quantitative estimate of drug-likeness (QED) is 0.569. The molecule has 0 saturated carbocycles. The van der Waals surface area contributed by atoms with Gasteiger partial charge in [-0.3, -0.25) is 9.59 Å². The van der Waals surface area contributed by atoms with E-state index in [0.29, 0.717) is 12.5 Å². The van der Waals surface area contributed by atoms with E-state index >= 15 is 0 Å². The van der Waals surface area contributed by atoms with E-state index in [2.05, 4.69) is 19.2 Å². The van der Waals surface area contributed by atoms with Gasteiger partial charge in [0.05, 0.1) is 0 Å². The summed E-state index contributed by atoms with van der Waals surface area (Å²) in [6.07, 6.45) is 4.38. The molecule has 1 unspecified atom stereocenters. The van der Waals surface area contributed by atoms with E-state index in [1.807, 2.05) is 0 Å². The number of hydrogen-bond donors (Lipinski definition) is 1. The zero-order chi connectivity index (χ0) is 12.8. The standard InChI is InChI=1S/C12H21N3O2/c1-4-5-13-8-10(2)9-15-7-6-14(3)11(16)12(15)17/h6-7,10,13H,4-5,8-9H2,1-3H3. The Bertz CT molecular complexity index is 462. The molecule has 1 aromatic rings. The Morgan fingerprint density at radius 1 is 1.29 bits per heavy atom. The third kappa shape index (κ3) is 3.85. The topological polar surface area (TPSA) is 56.0 Å². The highest BCUT2D eigenvalue weighted by atomic mass is 16.2. The van der Waals surface area contributed by atoms with Gasteiger partial charge in [0.1, 0.15) is 0 Å². The molecular formula is C12H21N3O2. The van der Waals surface area contributed by atoms with Crippen molar-refractivity contribution < 1.29 is 0 Å². The van der Waals surface area contributed by atoms with E-state index in [1.54, 1.807) is 19.4 Å². The van der Waals surface area contributed by atoms with Crippen LogP contribution in [-0.4, -0.2) is 22.2 Å². The Kier molecular flexibility index (Phi) is 5.15. The maximum absolute atomic E-state index is 11.7. The van der Waals surface area contributed by atoms with Crippen molar-refractivity contribution in [1.29, 1.82) is 0 Å². The Hall–Kier alpha value is -1.36. The molecule has 0 spiro atoms. The van der Waals surface area contributed by atoms with Crippen LogP contribution in [0.4, 0.5) is 0 Å². The summed E-state index contributed by atoms with van der Waals surface area (Å²) >= 11 is 0. The van der Waals surface area contributed by atoms with Gasteiger partial charge in [0.2, 0.25) is 0 Å². The molecule has 17 heavy (non-hydrogen) atoms. The summed E-state index contributed by atoms with van der Waals surface area (Å²) in [7, 11) is 1.58. The predicted molar refractivity (Wildman–Crippen MR) is 68.3 cm³/mol. The van der Waals surface area contributed by atoms with Gasteiger partial charge in [0.15, 0.2) is 0 Å². The molecule has 0 saturated heterocycles. The first kappa shape index (κ1) is 13.7. The van der Waals surface area contributed by atoms with Gasteiger partial charge in [0, 0.05) is 26.0 Å². The largest absolute Gasteiger partial charge is 0.316 e. The van der Waals surface area contributed by atoms with Crippen molar-refractivity contribution in [3.63, 3.8) is 0 Å². The summed E-state index contributed by atoms with van der Waals surface area (Å²) < 4.78 is 2.79. The van der Waals surface area contributed by atoms with Crippen molar-refractivity contribution in [2.24, 2.45) is 13.0 Å². The van der Waals surface area contributed by atoms with Gasteiger partial charge >= 0.3 is 11.1 Å². The Balaban J connectivity index is 2.66. The first-order chi connectivity index (χ1) is 8.06. The molecule has 0 fully saturated rings. The van der Waals surface area contributed by atoms with Crippen LogP contribution in [0.2, 0.25) is 0 Å². The number of aromatic nitrogens is 2. The average Bonchev–Trinajstić information content (AvgIpc) is 2.30. The molecule has 0 aliphatic rings. The van der Waals surface area contributed by atoms with Crippen molar-refractivity contribution in [3.8, 4) is 0 Å². The molecule has 0 radical (unpaired) electrons. The normalized spacial score (nSPS) is 12.6. The first-order valence-corrected chi connectivity index (χ1v) is 6.03. The van der Waals surface area contributed by atoms with Crippen LogP contribution in [0.25, 0.3) is 0 Å². The lowest BCUT2D eigenvalue weighted by atomic mass is 10.2. The lowest BCUT2D eigenvalue weighted by molar-refractivity contribution is 0.435. The fourth-order valence-electron chi connectivity index (χ4n) is 1.66. The number of nitrogens with one attached hydrogen (secondary N) is 1. The molecule has 0 amide bonds. The van der Waals surface area contributed by atoms with Gasteiger partial charge in [-0.2, -0.15) is 0 Å². The van der Waals surface area contributed by atoms with Crippen molar-refractivity contribution in [1.82, 2.24) is 14.5 Å². The second kappa shape index (κ2) is 6.39. The van der Waals surface area contributed by atoms with Crippen molar-refractivity contribution in [3.05, 3.63) is 33.1 Å². The number of rotatable bonds is 6. The van der Waals surface area contributed by atoms with Crippen LogP contribution in [0.3, 0.4) is 0 Å². The molecule has 0 aliphatic heterocycles. The minimum absolute atomic E-state index is 0.325. The zero-order valence-corrected chi connectivity index (χ0v) is 10.8. The highest BCUT2D eigenvalue weighted by molar-refractivity contribution is 4.85. The van der Waals surface area contributed by atoms with Crippen LogP contribution in [0, 0.1) is 5.92 Å². The van der Waals surface area contributed by atoms with Crippen molar-refractivity contribution >= 4 is 0 Å². The smallest absolute Gasteiger partial charge is 0.316 e. The van der Waals surface area contributed by atoms with Crippen molar-refractivity contribution in [2.45, 2.75) is 26.8 Å². The van der Waals surface area contributed by atoms with Gasteiger partial charge in [-0.15, -0.1) is 0 Å². The van der Waals surface area contributed by atoms with E-state index in [9.17, 15) is 9.59 Å². The Labute approximate surface area is 101 Å². The van der Waals surface area contributed by atoms with Gasteiger partial charge in [0.25, 0.3) is 0 Å². The molecule has 1 aromatic heterocycles. The van der Waals surface area contributed by atoms with Gasteiger partial charge in [-0.25, -0.2) is 0 Å². The van der Waals surface area contributed by atoms with Gasteiger partial charge < -0.3 is 14.5 Å². The molecule has 1 atom stereocenters. The first-order valence-electron chi connectivity index (χ1n) is 6.03. The molecule has 0 aromatic carbocycles. The van der Waals surface area contributed by atoms with E-state index in [0.717, 1.165) is 19.5 Å². The maximum Gasteiger partial charge on any atom is 0.316 e. The van der Waals surface area contributed by atoms with Crippen molar-refractivity contribution in [2.75, 3.05) is 13.1 Å². The average molecular weight is 239 g/mol. The molecule has 96 valence electrons. The number of nitrogens with zero attached hydrogens (tertiary/aromatic N) is 2. The molecule has 5 nitrogen and oxygen atoms in total. The fourth-order valence-corrected chi connectivity index (χ4v) is 1.66. The second-order valence-corrected chi connectivity index (χ2v) is 4.48. The van der Waals surface area contributed by atoms with Crippen LogP contribution in [-0.2, 0) is 13.6 Å². The zero-order valence-electron chi connectivity index (χ0n) is 10.8. The van der Waals surface area contributed by atoms with Crippen LogP contribution in [0.5, 0.6) is 0 Å². The molecule has 1 heterocycles. The lowest BCUT2D eigenvalue weighted by Crippen LogP contribution is -2.41. The highest BCUT2D eigenvalue weighted by Crippen LogP contribution is 1.95. The molecule has 0 bridgehead atoms. The third-order valence-electron chi connectivity index (χ3n) is 2.66. The summed E-state index contributed by atoms with van der Waals surface area (Å²) in [4.78, 5) is 23.1. The fraction of sp³-hybridized carbons (Fsp3) is 0.667. The maximum atomic E-state index is 11.7. The third-order valence-corrected chi connectivity index (χ3v) is 2.66. The summed E-state index contributed by atoms with van der Waals surface area (Å²) in [5, 5.41) is 3.30. The van der Waals surface area contributed by atoms with E-state index in [4.69, 9.17) is 0 Å². The van der Waals surface area contributed by atoms with Crippen LogP contribution in [0.1, 0.15) is 20.3 Å². The van der Waals surface area contributed by atoms with E-state index < -0.39 is 11.1 Å². The summed E-state index contributed by atoms with van der Waals surface area (Å²) in [6, 6.07) is 0. The second-order valence-electron chi connectivity index (χ2n) is 4.48.